The van der Waals surface area contributed by atoms with Crippen molar-refractivity contribution in [3.8, 4) is 0 Å². The van der Waals surface area contributed by atoms with E-state index in [0.29, 0.717) is 10.0 Å². The van der Waals surface area contributed by atoms with Crippen LogP contribution < -0.4 is 10.6 Å². The Morgan fingerprint density at radius 1 is 1.40 bits per heavy atom. The van der Waals surface area contributed by atoms with Gasteiger partial charge in [0.1, 0.15) is 0 Å². The van der Waals surface area contributed by atoms with Crippen LogP contribution >= 0.6 is 15.9 Å². The van der Waals surface area contributed by atoms with Crippen LogP contribution in [-0.2, 0) is 11.3 Å². The van der Waals surface area contributed by atoms with Crippen molar-refractivity contribution in [2.75, 3.05) is 6.54 Å². The predicted octanol–water partition coefficient (Wildman–Crippen LogP) is 2.36. The topological polar surface area (TPSA) is 84.3 Å². The summed E-state index contributed by atoms with van der Waals surface area (Å²) in [6.07, 6.45) is 0. The third-order valence-electron chi connectivity index (χ3n) is 2.36. The summed E-state index contributed by atoms with van der Waals surface area (Å²) in [6.45, 7) is 6.06. The second-order valence-electron chi connectivity index (χ2n) is 5.43. The van der Waals surface area contributed by atoms with Crippen molar-refractivity contribution >= 4 is 27.5 Å². The highest BCUT2D eigenvalue weighted by molar-refractivity contribution is 9.10. The molecule has 1 aromatic carbocycles. The zero-order valence-electron chi connectivity index (χ0n) is 11.7. The lowest BCUT2D eigenvalue weighted by atomic mass is 10.1. The Kier molecular flexibility index (Phi) is 5.64. The van der Waals surface area contributed by atoms with E-state index in [9.17, 15) is 14.9 Å². The Labute approximate surface area is 126 Å². The van der Waals surface area contributed by atoms with Gasteiger partial charge in [-0.25, -0.2) is 0 Å². The first-order valence-electron chi connectivity index (χ1n) is 6.13. The molecule has 0 atom stereocenters. The van der Waals surface area contributed by atoms with E-state index < -0.39 is 4.92 Å². The number of nitrogens with zero attached hydrogens (tertiary/aromatic N) is 1. The van der Waals surface area contributed by atoms with Gasteiger partial charge in [-0.3, -0.25) is 14.9 Å². The molecule has 6 nitrogen and oxygen atoms in total. The van der Waals surface area contributed by atoms with Crippen molar-refractivity contribution in [1.82, 2.24) is 10.6 Å². The predicted molar refractivity (Wildman–Crippen MR) is 80.4 cm³/mol. The molecule has 0 aromatic heterocycles. The van der Waals surface area contributed by atoms with Gasteiger partial charge in [-0.2, -0.15) is 0 Å². The van der Waals surface area contributed by atoms with Crippen LogP contribution in [0.3, 0.4) is 0 Å². The number of nitrogens with one attached hydrogen (secondary N) is 2. The number of nitro groups is 1. The smallest absolute Gasteiger partial charge is 0.275 e. The van der Waals surface area contributed by atoms with Gasteiger partial charge in [-0.15, -0.1) is 0 Å². The molecule has 1 aromatic rings. The van der Waals surface area contributed by atoms with Crippen molar-refractivity contribution in [3.05, 3.63) is 38.3 Å². The van der Waals surface area contributed by atoms with Gasteiger partial charge in [-0.1, -0.05) is 15.9 Å². The summed E-state index contributed by atoms with van der Waals surface area (Å²) in [5.41, 5.74) is 0.285. The Balaban J connectivity index is 2.58. The lowest BCUT2D eigenvalue weighted by Crippen LogP contribution is -2.44. The van der Waals surface area contributed by atoms with Crippen molar-refractivity contribution in [1.29, 1.82) is 0 Å². The lowest BCUT2D eigenvalue weighted by Gasteiger charge is -2.20. The van der Waals surface area contributed by atoms with Crippen LogP contribution in [-0.4, -0.2) is 22.9 Å². The molecule has 2 N–H and O–H groups in total. The molecule has 0 aliphatic rings. The Morgan fingerprint density at radius 2 is 2.05 bits per heavy atom. The van der Waals surface area contributed by atoms with Crippen LogP contribution in [0.4, 0.5) is 5.69 Å². The zero-order valence-corrected chi connectivity index (χ0v) is 13.3. The quantitative estimate of drug-likeness (QED) is 0.634. The normalized spacial score (nSPS) is 11.2. The maximum atomic E-state index is 11.6. The number of hydrogen-bond acceptors (Lipinski definition) is 4. The summed E-state index contributed by atoms with van der Waals surface area (Å²) in [5.74, 6) is -0.141. The molecule has 0 saturated heterocycles. The van der Waals surface area contributed by atoms with Gasteiger partial charge in [0.25, 0.3) is 5.69 Å². The van der Waals surface area contributed by atoms with E-state index in [4.69, 9.17) is 0 Å². The second-order valence-corrected chi connectivity index (χ2v) is 6.35. The van der Waals surface area contributed by atoms with E-state index >= 15 is 0 Å². The van der Waals surface area contributed by atoms with E-state index in [2.05, 4.69) is 26.6 Å². The second kappa shape index (κ2) is 6.81. The molecule has 7 heteroatoms. The molecular weight excluding hydrogens is 326 g/mol. The molecular formula is C13H18BrN3O3. The molecule has 0 saturated carbocycles. The minimum Gasteiger partial charge on any atom is -0.350 e. The summed E-state index contributed by atoms with van der Waals surface area (Å²) in [5, 5.41) is 16.7. The van der Waals surface area contributed by atoms with E-state index in [1.54, 1.807) is 12.1 Å². The number of hydrogen-bond donors (Lipinski definition) is 2. The molecule has 0 aliphatic heterocycles. The number of benzene rings is 1. The van der Waals surface area contributed by atoms with E-state index in [-0.39, 0.29) is 30.2 Å². The Hall–Kier alpha value is -1.47. The zero-order chi connectivity index (χ0) is 15.3. The van der Waals surface area contributed by atoms with Crippen molar-refractivity contribution in [3.63, 3.8) is 0 Å². The number of amides is 1. The van der Waals surface area contributed by atoms with Crippen molar-refractivity contribution in [2.45, 2.75) is 32.9 Å². The summed E-state index contributed by atoms with van der Waals surface area (Å²) in [6, 6.07) is 4.85. The van der Waals surface area contributed by atoms with Gasteiger partial charge in [0, 0.05) is 28.2 Å². The fourth-order valence-corrected chi connectivity index (χ4v) is 1.98. The molecule has 20 heavy (non-hydrogen) atoms. The molecule has 0 bridgehead atoms. The Morgan fingerprint density at radius 3 is 2.60 bits per heavy atom. The van der Waals surface area contributed by atoms with Gasteiger partial charge in [0.15, 0.2) is 0 Å². The molecule has 0 radical (unpaired) electrons. The molecule has 110 valence electrons. The SMILES string of the molecule is CC(C)(C)NC(=O)CNCc1ccc(Br)cc1[N+](=O)[O-]. The van der Waals surface area contributed by atoms with Gasteiger partial charge >= 0.3 is 0 Å². The highest BCUT2D eigenvalue weighted by Crippen LogP contribution is 2.23. The van der Waals surface area contributed by atoms with Crippen LogP contribution in [0, 0.1) is 10.1 Å². The monoisotopic (exact) mass is 343 g/mol. The number of nitro benzene ring substituents is 1. The number of carbonyl (C=O) groups is 1. The number of rotatable bonds is 5. The third-order valence-corrected chi connectivity index (χ3v) is 2.85. The van der Waals surface area contributed by atoms with E-state index in [0.717, 1.165) is 0 Å². The minimum atomic E-state index is -0.434. The fourth-order valence-electron chi connectivity index (χ4n) is 1.63. The van der Waals surface area contributed by atoms with Crippen LogP contribution in [0.25, 0.3) is 0 Å². The molecule has 0 unspecified atom stereocenters. The maximum Gasteiger partial charge on any atom is 0.275 e. The van der Waals surface area contributed by atoms with Crippen molar-refractivity contribution in [2.24, 2.45) is 0 Å². The highest BCUT2D eigenvalue weighted by atomic mass is 79.9. The number of carbonyl (C=O) groups excluding carboxylic acids is 1. The molecule has 1 amide bonds. The maximum absolute atomic E-state index is 11.6. The highest BCUT2D eigenvalue weighted by Gasteiger charge is 2.15. The Bertz CT molecular complexity index is 512. The average Bonchev–Trinajstić information content (AvgIpc) is 2.28. The van der Waals surface area contributed by atoms with E-state index in [1.807, 2.05) is 20.8 Å². The molecule has 0 fully saturated rings. The average molecular weight is 344 g/mol. The molecule has 0 spiro atoms. The minimum absolute atomic E-state index is 0.0307. The third kappa shape index (κ3) is 5.66. The van der Waals surface area contributed by atoms with Crippen LogP contribution in [0.2, 0.25) is 0 Å². The van der Waals surface area contributed by atoms with Crippen molar-refractivity contribution < 1.29 is 9.72 Å². The standard InChI is InChI=1S/C13H18BrN3O3/c1-13(2,3)16-12(18)8-15-7-9-4-5-10(14)6-11(9)17(19)20/h4-6,15H,7-8H2,1-3H3,(H,16,18). The van der Waals surface area contributed by atoms with Gasteiger partial charge in [0.2, 0.25) is 5.91 Å². The van der Waals surface area contributed by atoms with Gasteiger partial charge < -0.3 is 10.6 Å². The van der Waals surface area contributed by atoms with Crippen LogP contribution in [0.5, 0.6) is 0 Å². The van der Waals surface area contributed by atoms with Gasteiger partial charge in [-0.05, 0) is 32.9 Å². The fraction of sp³-hybridized carbons (Fsp3) is 0.462. The molecule has 0 aliphatic carbocycles. The first-order valence-corrected chi connectivity index (χ1v) is 6.93. The van der Waals surface area contributed by atoms with E-state index in [1.165, 1.54) is 6.07 Å². The van der Waals surface area contributed by atoms with Crippen LogP contribution in [0.15, 0.2) is 22.7 Å². The molecule has 0 heterocycles. The summed E-state index contributed by atoms with van der Waals surface area (Å²) in [4.78, 5) is 22.1. The number of halogens is 1. The first kappa shape index (κ1) is 16.6. The summed E-state index contributed by atoms with van der Waals surface area (Å²) >= 11 is 3.20. The first-order chi connectivity index (χ1) is 9.19. The molecule has 1 rings (SSSR count). The summed E-state index contributed by atoms with van der Waals surface area (Å²) < 4.78 is 0.651. The van der Waals surface area contributed by atoms with Crippen LogP contribution in [0.1, 0.15) is 26.3 Å². The summed E-state index contributed by atoms with van der Waals surface area (Å²) in [7, 11) is 0. The van der Waals surface area contributed by atoms with Gasteiger partial charge in [0.05, 0.1) is 11.5 Å². The lowest BCUT2D eigenvalue weighted by molar-refractivity contribution is -0.385. The largest absolute Gasteiger partial charge is 0.350 e.